The van der Waals surface area contributed by atoms with Gasteiger partial charge in [0.1, 0.15) is 5.82 Å². The van der Waals surface area contributed by atoms with E-state index in [0.717, 1.165) is 18.1 Å². The van der Waals surface area contributed by atoms with Crippen LogP contribution in [0.3, 0.4) is 0 Å². The Kier molecular flexibility index (Phi) is 2.11. The zero-order valence-corrected chi connectivity index (χ0v) is 8.73. The number of aryl methyl sites for hydroxylation is 2. The monoisotopic (exact) mass is 190 g/mol. The average Bonchev–Trinajstić information content (AvgIpc) is 2.68. The molecule has 0 atom stereocenters. The molecule has 0 aliphatic heterocycles. The minimum absolute atomic E-state index is 0.788. The zero-order valence-electron chi connectivity index (χ0n) is 8.73. The molecule has 0 aliphatic rings. The van der Waals surface area contributed by atoms with Gasteiger partial charge in [0.15, 0.2) is 0 Å². The van der Waals surface area contributed by atoms with E-state index in [1.165, 1.54) is 5.69 Å². The predicted molar refractivity (Wildman–Crippen MR) is 54.0 cm³/mol. The van der Waals surface area contributed by atoms with E-state index in [4.69, 9.17) is 0 Å². The molecule has 4 nitrogen and oxygen atoms in total. The van der Waals surface area contributed by atoms with E-state index >= 15 is 0 Å². The van der Waals surface area contributed by atoms with Crippen LogP contribution in [0.4, 0.5) is 0 Å². The fourth-order valence-corrected chi connectivity index (χ4v) is 1.40. The van der Waals surface area contributed by atoms with Gasteiger partial charge in [0.25, 0.3) is 0 Å². The summed E-state index contributed by atoms with van der Waals surface area (Å²) in [7, 11) is 2.00. The second kappa shape index (κ2) is 3.29. The van der Waals surface area contributed by atoms with Crippen molar-refractivity contribution in [2.45, 2.75) is 20.4 Å². The van der Waals surface area contributed by atoms with Gasteiger partial charge in [-0.3, -0.25) is 0 Å². The third-order valence-corrected chi connectivity index (χ3v) is 2.58. The Hall–Kier alpha value is -1.58. The summed E-state index contributed by atoms with van der Waals surface area (Å²) in [5.74, 6) is 1.05. The Bertz CT molecular complexity index is 439. The van der Waals surface area contributed by atoms with Gasteiger partial charge in [-0.25, -0.2) is 9.97 Å². The lowest BCUT2D eigenvalue weighted by molar-refractivity contribution is 0.684. The van der Waals surface area contributed by atoms with Crippen LogP contribution in [0.25, 0.3) is 0 Å². The number of hydrogen-bond donors (Lipinski definition) is 0. The van der Waals surface area contributed by atoms with Gasteiger partial charge < -0.3 is 9.13 Å². The van der Waals surface area contributed by atoms with E-state index in [-0.39, 0.29) is 0 Å². The van der Waals surface area contributed by atoms with Gasteiger partial charge in [0, 0.05) is 25.1 Å². The zero-order chi connectivity index (χ0) is 10.1. The second-order valence-corrected chi connectivity index (χ2v) is 3.50. The molecule has 0 amide bonds. The Morgan fingerprint density at radius 1 is 1.29 bits per heavy atom. The van der Waals surface area contributed by atoms with E-state index in [1.54, 1.807) is 0 Å². The molecule has 4 heteroatoms. The molecule has 0 saturated carbocycles. The lowest BCUT2D eigenvalue weighted by Crippen LogP contribution is -2.06. The number of nitrogens with zero attached hydrogens (tertiary/aromatic N) is 4. The van der Waals surface area contributed by atoms with Crippen LogP contribution in [0.1, 0.15) is 17.2 Å². The third-order valence-electron chi connectivity index (χ3n) is 2.58. The van der Waals surface area contributed by atoms with Crippen molar-refractivity contribution in [1.29, 1.82) is 0 Å². The van der Waals surface area contributed by atoms with Crippen LogP contribution in [0.5, 0.6) is 0 Å². The smallest absolute Gasteiger partial charge is 0.128 e. The van der Waals surface area contributed by atoms with Gasteiger partial charge in [0.2, 0.25) is 0 Å². The fourth-order valence-electron chi connectivity index (χ4n) is 1.40. The molecule has 74 valence electrons. The van der Waals surface area contributed by atoms with E-state index in [1.807, 2.05) is 37.3 Å². The molecular weight excluding hydrogens is 176 g/mol. The van der Waals surface area contributed by atoms with Gasteiger partial charge in [0.05, 0.1) is 18.6 Å². The first-order valence-corrected chi connectivity index (χ1v) is 4.63. The maximum Gasteiger partial charge on any atom is 0.128 e. The van der Waals surface area contributed by atoms with Gasteiger partial charge in [-0.05, 0) is 13.8 Å². The lowest BCUT2D eigenvalue weighted by atomic mass is 10.4. The number of imidazole rings is 2. The van der Waals surface area contributed by atoms with Crippen molar-refractivity contribution in [2.75, 3.05) is 0 Å². The van der Waals surface area contributed by atoms with Crippen molar-refractivity contribution in [3.05, 3.63) is 35.9 Å². The highest BCUT2D eigenvalue weighted by Crippen LogP contribution is 2.06. The minimum Gasteiger partial charge on any atom is -0.337 e. The molecule has 2 aromatic rings. The summed E-state index contributed by atoms with van der Waals surface area (Å²) in [6, 6.07) is 0. The summed E-state index contributed by atoms with van der Waals surface area (Å²) >= 11 is 0. The standard InChI is InChI=1S/C10H14N4/c1-8-9(2)14(7-12-8)6-10-11-4-5-13(10)3/h4-5,7H,6H2,1-3H3. The topological polar surface area (TPSA) is 35.6 Å². The third kappa shape index (κ3) is 1.43. The summed E-state index contributed by atoms with van der Waals surface area (Å²) in [5.41, 5.74) is 2.28. The van der Waals surface area contributed by atoms with Gasteiger partial charge in [-0.2, -0.15) is 0 Å². The van der Waals surface area contributed by atoms with E-state index in [9.17, 15) is 0 Å². The first-order chi connectivity index (χ1) is 6.68. The fraction of sp³-hybridized carbons (Fsp3) is 0.400. The van der Waals surface area contributed by atoms with E-state index < -0.39 is 0 Å². The van der Waals surface area contributed by atoms with Crippen molar-refractivity contribution < 1.29 is 0 Å². The maximum atomic E-state index is 4.28. The minimum atomic E-state index is 0.788. The van der Waals surface area contributed by atoms with Crippen molar-refractivity contribution in [3.8, 4) is 0 Å². The summed E-state index contributed by atoms with van der Waals surface area (Å²) in [5, 5.41) is 0. The molecule has 0 aliphatic carbocycles. The molecule has 0 fully saturated rings. The molecule has 14 heavy (non-hydrogen) atoms. The first-order valence-electron chi connectivity index (χ1n) is 4.63. The van der Waals surface area contributed by atoms with Crippen LogP contribution in [0.2, 0.25) is 0 Å². The Balaban J connectivity index is 2.27. The molecule has 0 bridgehead atoms. The highest BCUT2D eigenvalue weighted by Gasteiger charge is 2.04. The molecule has 2 aromatic heterocycles. The summed E-state index contributed by atoms with van der Waals surface area (Å²) in [4.78, 5) is 8.53. The summed E-state index contributed by atoms with van der Waals surface area (Å²) < 4.78 is 4.13. The van der Waals surface area contributed by atoms with Crippen LogP contribution in [-0.4, -0.2) is 19.1 Å². The van der Waals surface area contributed by atoms with Gasteiger partial charge >= 0.3 is 0 Å². The molecular formula is C10H14N4. The maximum absolute atomic E-state index is 4.28. The van der Waals surface area contributed by atoms with Crippen LogP contribution < -0.4 is 0 Å². The summed E-state index contributed by atoms with van der Waals surface area (Å²) in [6.07, 6.45) is 5.63. The normalized spacial score (nSPS) is 10.8. The number of aromatic nitrogens is 4. The Labute approximate surface area is 83.2 Å². The van der Waals surface area contributed by atoms with Crippen LogP contribution in [-0.2, 0) is 13.6 Å². The SMILES string of the molecule is Cc1ncn(Cc2nccn2C)c1C. The first kappa shape index (κ1) is 8.99. The number of rotatable bonds is 2. The van der Waals surface area contributed by atoms with Gasteiger partial charge in [-0.1, -0.05) is 0 Å². The second-order valence-electron chi connectivity index (χ2n) is 3.50. The predicted octanol–water partition coefficient (Wildman–Crippen LogP) is 1.28. The van der Waals surface area contributed by atoms with Crippen molar-refractivity contribution >= 4 is 0 Å². The van der Waals surface area contributed by atoms with Crippen molar-refractivity contribution in [2.24, 2.45) is 7.05 Å². The van der Waals surface area contributed by atoms with Crippen LogP contribution in [0.15, 0.2) is 18.7 Å². The van der Waals surface area contributed by atoms with E-state index in [0.29, 0.717) is 0 Å². The van der Waals surface area contributed by atoms with Crippen molar-refractivity contribution in [3.63, 3.8) is 0 Å². The number of hydrogen-bond acceptors (Lipinski definition) is 2. The quantitative estimate of drug-likeness (QED) is 0.715. The molecule has 2 heterocycles. The van der Waals surface area contributed by atoms with Crippen molar-refractivity contribution in [1.82, 2.24) is 19.1 Å². The largest absolute Gasteiger partial charge is 0.337 e. The van der Waals surface area contributed by atoms with E-state index in [2.05, 4.69) is 21.5 Å². The lowest BCUT2D eigenvalue weighted by Gasteiger charge is -2.05. The van der Waals surface area contributed by atoms with Crippen LogP contribution >= 0.6 is 0 Å². The molecule has 0 saturated heterocycles. The molecule has 0 spiro atoms. The summed E-state index contributed by atoms with van der Waals surface area (Å²) in [6.45, 7) is 4.88. The molecule has 0 radical (unpaired) electrons. The molecule has 0 aromatic carbocycles. The molecule has 0 unspecified atom stereocenters. The highest BCUT2D eigenvalue weighted by molar-refractivity contribution is 5.10. The Morgan fingerprint density at radius 3 is 2.57 bits per heavy atom. The molecule has 0 N–H and O–H groups in total. The van der Waals surface area contributed by atoms with Gasteiger partial charge in [-0.15, -0.1) is 0 Å². The van der Waals surface area contributed by atoms with Crippen LogP contribution in [0, 0.1) is 13.8 Å². The highest BCUT2D eigenvalue weighted by atomic mass is 15.1. The average molecular weight is 190 g/mol. The Morgan fingerprint density at radius 2 is 2.07 bits per heavy atom. The molecule has 2 rings (SSSR count).